The first kappa shape index (κ1) is 13.1. The van der Waals surface area contributed by atoms with Gasteiger partial charge in [-0.1, -0.05) is 0 Å². The van der Waals surface area contributed by atoms with Gasteiger partial charge in [0.25, 0.3) is 0 Å². The molecule has 0 aromatic carbocycles. The quantitative estimate of drug-likeness (QED) is 0.768. The van der Waals surface area contributed by atoms with Crippen LogP contribution in [0.15, 0.2) is 18.5 Å². The van der Waals surface area contributed by atoms with Crippen molar-refractivity contribution in [1.29, 1.82) is 0 Å². The fraction of sp³-hybridized carbons (Fsp3) is 0.429. The van der Waals surface area contributed by atoms with Gasteiger partial charge in [0, 0.05) is 30.9 Å². The third kappa shape index (κ3) is 2.36. The number of aromatic nitrogens is 6. The number of aryl methyl sites for hydroxylation is 1. The highest BCUT2D eigenvalue weighted by Gasteiger charge is 2.16. The summed E-state index contributed by atoms with van der Waals surface area (Å²) in [6.45, 7) is 4.04. The van der Waals surface area contributed by atoms with E-state index in [-0.39, 0.29) is 0 Å². The van der Waals surface area contributed by atoms with Crippen molar-refractivity contribution in [2.75, 3.05) is 23.3 Å². The number of anilines is 3. The van der Waals surface area contributed by atoms with Crippen LogP contribution in [0.2, 0.25) is 0 Å². The maximum absolute atomic E-state index is 4.72. The summed E-state index contributed by atoms with van der Waals surface area (Å²) >= 11 is 0. The summed E-state index contributed by atoms with van der Waals surface area (Å²) in [6, 6.07) is 3.91. The topological polar surface area (TPSA) is 87.0 Å². The highest BCUT2D eigenvalue weighted by atomic mass is 15.4. The van der Waals surface area contributed by atoms with Gasteiger partial charge in [-0.05, 0) is 26.2 Å². The summed E-state index contributed by atoms with van der Waals surface area (Å²) in [5.41, 5.74) is 1.77. The van der Waals surface area contributed by atoms with Gasteiger partial charge in [-0.2, -0.15) is 19.7 Å². The number of fused-ring (bicyclic) bond motifs is 1. The normalized spacial score (nSPS) is 15.4. The summed E-state index contributed by atoms with van der Waals surface area (Å²) < 4.78 is 1.69. The predicted octanol–water partition coefficient (Wildman–Crippen LogP) is 1.89. The SMILES string of the molecule is Cc1cc(Nc2nc(N3CCCCC3)cc3ncnn23)n[nH]1. The van der Waals surface area contributed by atoms with Gasteiger partial charge in [-0.15, -0.1) is 0 Å². The molecule has 0 aliphatic carbocycles. The molecule has 1 fully saturated rings. The molecule has 4 heterocycles. The molecule has 4 rings (SSSR count). The molecule has 0 spiro atoms. The smallest absolute Gasteiger partial charge is 0.233 e. The second kappa shape index (κ2) is 5.28. The van der Waals surface area contributed by atoms with Crippen molar-refractivity contribution < 1.29 is 0 Å². The Morgan fingerprint density at radius 2 is 2.05 bits per heavy atom. The Morgan fingerprint density at radius 3 is 2.82 bits per heavy atom. The molecular weight excluding hydrogens is 280 g/mol. The number of hydrogen-bond acceptors (Lipinski definition) is 6. The van der Waals surface area contributed by atoms with Crippen molar-refractivity contribution in [2.24, 2.45) is 0 Å². The standard InChI is InChI=1S/C14H18N8/c1-10-7-11(20-19-10)17-14-18-13(21-5-3-2-4-6-21)8-12-15-9-16-22(12)14/h7-9H,2-6H2,1H3,(H2,17,18,19,20). The monoisotopic (exact) mass is 298 g/mol. The number of nitrogens with zero attached hydrogens (tertiary/aromatic N) is 6. The van der Waals surface area contributed by atoms with Crippen molar-refractivity contribution in [3.8, 4) is 0 Å². The third-order valence-corrected chi connectivity index (χ3v) is 3.88. The molecule has 2 N–H and O–H groups in total. The average Bonchev–Trinajstić information content (AvgIpc) is 3.17. The van der Waals surface area contributed by atoms with Crippen LogP contribution in [0.1, 0.15) is 25.0 Å². The Kier molecular flexibility index (Phi) is 3.14. The molecule has 3 aromatic rings. The van der Waals surface area contributed by atoms with E-state index in [2.05, 4.69) is 30.5 Å². The zero-order valence-electron chi connectivity index (χ0n) is 12.5. The third-order valence-electron chi connectivity index (χ3n) is 3.88. The molecular formula is C14H18N8. The lowest BCUT2D eigenvalue weighted by molar-refractivity contribution is 0.573. The molecule has 22 heavy (non-hydrogen) atoms. The first-order valence-electron chi connectivity index (χ1n) is 7.54. The number of aromatic amines is 1. The fourth-order valence-corrected chi connectivity index (χ4v) is 2.78. The highest BCUT2D eigenvalue weighted by Crippen LogP contribution is 2.22. The van der Waals surface area contributed by atoms with E-state index >= 15 is 0 Å². The van der Waals surface area contributed by atoms with Gasteiger partial charge in [-0.3, -0.25) is 5.10 Å². The van der Waals surface area contributed by atoms with E-state index < -0.39 is 0 Å². The van der Waals surface area contributed by atoms with Crippen LogP contribution in [0, 0.1) is 6.92 Å². The van der Waals surface area contributed by atoms with E-state index in [1.807, 2.05) is 19.1 Å². The molecule has 0 bridgehead atoms. The lowest BCUT2D eigenvalue weighted by Crippen LogP contribution is -2.30. The number of piperidine rings is 1. The first-order chi connectivity index (χ1) is 10.8. The zero-order chi connectivity index (χ0) is 14.9. The van der Waals surface area contributed by atoms with Gasteiger partial charge in [0.15, 0.2) is 11.5 Å². The highest BCUT2D eigenvalue weighted by molar-refractivity contribution is 5.59. The van der Waals surface area contributed by atoms with Crippen LogP contribution in [0.5, 0.6) is 0 Å². The van der Waals surface area contributed by atoms with Gasteiger partial charge in [-0.25, -0.2) is 4.98 Å². The molecule has 3 aromatic heterocycles. The van der Waals surface area contributed by atoms with Gasteiger partial charge in [0.2, 0.25) is 5.95 Å². The molecule has 8 nitrogen and oxygen atoms in total. The van der Waals surface area contributed by atoms with Crippen LogP contribution in [0.4, 0.5) is 17.6 Å². The van der Waals surface area contributed by atoms with Crippen LogP contribution in [0.25, 0.3) is 5.65 Å². The summed E-state index contributed by atoms with van der Waals surface area (Å²) in [5, 5.41) is 14.6. The molecule has 0 atom stereocenters. The van der Waals surface area contributed by atoms with Gasteiger partial charge in [0.1, 0.15) is 12.1 Å². The molecule has 1 aliphatic rings. The van der Waals surface area contributed by atoms with Crippen molar-refractivity contribution in [3.63, 3.8) is 0 Å². The molecule has 1 saturated heterocycles. The van der Waals surface area contributed by atoms with Crippen LogP contribution in [0.3, 0.4) is 0 Å². The Morgan fingerprint density at radius 1 is 1.18 bits per heavy atom. The van der Waals surface area contributed by atoms with E-state index in [9.17, 15) is 0 Å². The second-order valence-electron chi connectivity index (χ2n) is 5.58. The summed E-state index contributed by atoms with van der Waals surface area (Å²) in [5.74, 6) is 2.29. The average molecular weight is 298 g/mol. The van der Waals surface area contributed by atoms with Crippen LogP contribution in [-0.2, 0) is 0 Å². The van der Waals surface area contributed by atoms with E-state index in [1.165, 1.54) is 25.6 Å². The lowest BCUT2D eigenvalue weighted by Gasteiger charge is -2.27. The number of rotatable bonds is 3. The zero-order valence-corrected chi connectivity index (χ0v) is 12.5. The van der Waals surface area contributed by atoms with E-state index in [0.29, 0.717) is 5.95 Å². The second-order valence-corrected chi connectivity index (χ2v) is 5.58. The number of H-pyrrole nitrogens is 1. The van der Waals surface area contributed by atoms with Gasteiger partial charge < -0.3 is 10.2 Å². The lowest BCUT2D eigenvalue weighted by atomic mass is 10.1. The largest absolute Gasteiger partial charge is 0.356 e. The van der Waals surface area contributed by atoms with E-state index in [4.69, 9.17) is 4.98 Å². The van der Waals surface area contributed by atoms with Crippen LogP contribution < -0.4 is 10.2 Å². The van der Waals surface area contributed by atoms with E-state index in [1.54, 1.807) is 4.52 Å². The van der Waals surface area contributed by atoms with Crippen molar-refractivity contribution in [1.82, 2.24) is 29.8 Å². The number of nitrogens with one attached hydrogen (secondary N) is 2. The molecule has 8 heteroatoms. The van der Waals surface area contributed by atoms with Gasteiger partial charge in [0.05, 0.1) is 0 Å². The summed E-state index contributed by atoms with van der Waals surface area (Å²) in [7, 11) is 0. The summed E-state index contributed by atoms with van der Waals surface area (Å²) in [6.07, 6.45) is 5.25. The minimum atomic E-state index is 0.627. The van der Waals surface area contributed by atoms with Gasteiger partial charge >= 0.3 is 0 Å². The molecule has 0 saturated carbocycles. The Balaban J connectivity index is 1.73. The van der Waals surface area contributed by atoms with Crippen LogP contribution >= 0.6 is 0 Å². The minimum absolute atomic E-state index is 0.627. The summed E-state index contributed by atoms with van der Waals surface area (Å²) in [4.78, 5) is 11.3. The molecule has 0 amide bonds. The van der Waals surface area contributed by atoms with Crippen molar-refractivity contribution in [3.05, 3.63) is 24.2 Å². The predicted molar refractivity (Wildman–Crippen MR) is 83.5 cm³/mol. The molecule has 1 aliphatic heterocycles. The fourth-order valence-electron chi connectivity index (χ4n) is 2.78. The van der Waals surface area contributed by atoms with E-state index in [0.717, 1.165) is 36.1 Å². The Bertz CT molecular complexity index is 783. The minimum Gasteiger partial charge on any atom is -0.356 e. The van der Waals surface area contributed by atoms with Crippen molar-refractivity contribution >= 4 is 23.2 Å². The molecule has 0 unspecified atom stereocenters. The van der Waals surface area contributed by atoms with Crippen LogP contribution in [-0.4, -0.2) is 42.9 Å². The first-order valence-corrected chi connectivity index (χ1v) is 7.54. The molecule has 114 valence electrons. The Hall–Kier alpha value is -2.64. The molecule has 0 radical (unpaired) electrons. The maximum Gasteiger partial charge on any atom is 0.233 e. The Labute approximate surface area is 127 Å². The maximum atomic E-state index is 4.72. The number of hydrogen-bond donors (Lipinski definition) is 2. The van der Waals surface area contributed by atoms with Crippen molar-refractivity contribution in [2.45, 2.75) is 26.2 Å².